The smallest absolute Gasteiger partial charge is 0.125 e. The third-order valence-electron chi connectivity index (χ3n) is 2.66. The summed E-state index contributed by atoms with van der Waals surface area (Å²) in [6.07, 6.45) is 2.68. The summed E-state index contributed by atoms with van der Waals surface area (Å²) in [4.78, 5) is 0. The Bertz CT molecular complexity index is 320. The molecule has 0 unspecified atom stereocenters. The van der Waals surface area contributed by atoms with Gasteiger partial charge in [-0.1, -0.05) is 25.5 Å². The SMILES string of the molecule is CCCCOc1cccc2c1[C@H](O)C2. The lowest BCUT2D eigenvalue weighted by molar-refractivity contribution is 0.146. The molecule has 0 saturated carbocycles. The number of aliphatic hydroxyl groups is 1. The fourth-order valence-electron chi connectivity index (χ4n) is 1.78. The second kappa shape index (κ2) is 4.01. The molecular weight excluding hydrogens is 176 g/mol. The predicted octanol–water partition coefficient (Wildman–Crippen LogP) is 2.46. The number of ether oxygens (including phenoxy) is 1. The molecule has 0 radical (unpaired) electrons. The number of fused-ring (bicyclic) bond motifs is 1. The van der Waals surface area contributed by atoms with Gasteiger partial charge >= 0.3 is 0 Å². The molecule has 1 atom stereocenters. The number of benzene rings is 1. The van der Waals surface area contributed by atoms with Crippen LogP contribution in [0.2, 0.25) is 0 Å². The first-order chi connectivity index (χ1) is 6.83. The molecule has 0 saturated heterocycles. The second-order valence-electron chi connectivity index (χ2n) is 3.75. The Morgan fingerprint density at radius 1 is 1.50 bits per heavy atom. The van der Waals surface area contributed by atoms with E-state index in [9.17, 15) is 5.11 Å². The largest absolute Gasteiger partial charge is 0.493 e. The monoisotopic (exact) mass is 192 g/mol. The molecule has 1 aliphatic carbocycles. The third-order valence-corrected chi connectivity index (χ3v) is 2.66. The lowest BCUT2D eigenvalue weighted by atomic mass is 9.85. The summed E-state index contributed by atoms with van der Waals surface area (Å²) in [5, 5.41) is 9.56. The lowest BCUT2D eigenvalue weighted by Gasteiger charge is -2.27. The third kappa shape index (κ3) is 1.62. The summed E-state index contributed by atoms with van der Waals surface area (Å²) in [5.74, 6) is 0.870. The zero-order valence-electron chi connectivity index (χ0n) is 8.49. The average Bonchev–Trinajstić information content (AvgIpc) is 2.16. The molecule has 1 aliphatic rings. The van der Waals surface area contributed by atoms with E-state index in [1.807, 2.05) is 12.1 Å². The predicted molar refractivity (Wildman–Crippen MR) is 55.5 cm³/mol. The molecule has 76 valence electrons. The van der Waals surface area contributed by atoms with Crippen LogP contribution in [0.4, 0.5) is 0 Å². The molecule has 1 aromatic carbocycles. The quantitative estimate of drug-likeness (QED) is 0.742. The minimum absolute atomic E-state index is 0.303. The van der Waals surface area contributed by atoms with Gasteiger partial charge in [-0.25, -0.2) is 0 Å². The normalized spacial score (nSPS) is 18.6. The van der Waals surface area contributed by atoms with E-state index in [4.69, 9.17) is 4.74 Å². The van der Waals surface area contributed by atoms with E-state index in [0.717, 1.165) is 37.2 Å². The molecule has 0 bridgehead atoms. The number of unbranched alkanes of at least 4 members (excludes halogenated alkanes) is 1. The summed E-state index contributed by atoms with van der Waals surface area (Å²) >= 11 is 0. The molecule has 0 aromatic heterocycles. The van der Waals surface area contributed by atoms with Crippen LogP contribution < -0.4 is 4.74 Å². The van der Waals surface area contributed by atoms with Gasteiger partial charge in [-0.05, 0) is 18.1 Å². The number of aliphatic hydroxyl groups excluding tert-OH is 1. The van der Waals surface area contributed by atoms with E-state index in [0.29, 0.717) is 0 Å². The van der Waals surface area contributed by atoms with Crippen molar-refractivity contribution in [1.29, 1.82) is 0 Å². The van der Waals surface area contributed by atoms with Gasteiger partial charge in [0.25, 0.3) is 0 Å². The Morgan fingerprint density at radius 2 is 2.36 bits per heavy atom. The first-order valence-electron chi connectivity index (χ1n) is 5.25. The highest BCUT2D eigenvalue weighted by Gasteiger charge is 2.27. The van der Waals surface area contributed by atoms with E-state index in [-0.39, 0.29) is 6.10 Å². The Hall–Kier alpha value is -1.02. The first-order valence-corrected chi connectivity index (χ1v) is 5.25. The highest BCUT2D eigenvalue weighted by atomic mass is 16.5. The summed E-state index contributed by atoms with van der Waals surface area (Å²) in [6, 6.07) is 5.98. The van der Waals surface area contributed by atoms with Crippen LogP contribution in [-0.2, 0) is 6.42 Å². The fraction of sp³-hybridized carbons (Fsp3) is 0.500. The van der Waals surface area contributed by atoms with Gasteiger partial charge in [0.15, 0.2) is 0 Å². The van der Waals surface area contributed by atoms with Crippen molar-refractivity contribution in [3.63, 3.8) is 0 Å². The van der Waals surface area contributed by atoms with Crippen molar-refractivity contribution in [3.05, 3.63) is 29.3 Å². The Labute approximate surface area is 84.5 Å². The van der Waals surface area contributed by atoms with E-state index in [2.05, 4.69) is 13.0 Å². The van der Waals surface area contributed by atoms with Gasteiger partial charge in [-0.2, -0.15) is 0 Å². The molecule has 1 aromatic rings. The van der Waals surface area contributed by atoms with Crippen LogP contribution in [0.15, 0.2) is 18.2 Å². The Balaban J connectivity index is 2.07. The van der Waals surface area contributed by atoms with Crippen LogP contribution in [0.3, 0.4) is 0 Å². The van der Waals surface area contributed by atoms with Crippen LogP contribution in [0.5, 0.6) is 5.75 Å². The minimum atomic E-state index is -0.303. The molecule has 1 N–H and O–H groups in total. The topological polar surface area (TPSA) is 29.5 Å². The molecule has 0 amide bonds. The van der Waals surface area contributed by atoms with Gasteiger partial charge < -0.3 is 9.84 Å². The van der Waals surface area contributed by atoms with E-state index >= 15 is 0 Å². The van der Waals surface area contributed by atoms with Gasteiger partial charge in [-0.3, -0.25) is 0 Å². The van der Waals surface area contributed by atoms with Crippen LogP contribution >= 0.6 is 0 Å². The fourth-order valence-corrected chi connectivity index (χ4v) is 1.78. The zero-order valence-corrected chi connectivity index (χ0v) is 8.49. The molecule has 2 heteroatoms. The van der Waals surface area contributed by atoms with Crippen LogP contribution in [0.1, 0.15) is 37.0 Å². The van der Waals surface area contributed by atoms with Gasteiger partial charge in [0.2, 0.25) is 0 Å². The van der Waals surface area contributed by atoms with Crippen LogP contribution in [-0.4, -0.2) is 11.7 Å². The molecule has 0 heterocycles. The highest BCUT2D eigenvalue weighted by Crippen LogP contribution is 2.39. The first kappa shape index (κ1) is 9.53. The van der Waals surface area contributed by atoms with Gasteiger partial charge in [0, 0.05) is 12.0 Å². The minimum Gasteiger partial charge on any atom is -0.493 e. The standard InChI is InChI=1S/C12H16O2/c1-2-3-7-14-11-6-4-5-9-8-10(13)12(9)11/h4-6,10,13H,2-3,7-8H2,1H3/t10-/m1/s1. The molecular formula is C12H16O2. The molecule has 0 fully saturated rings. The summed E-state index contributed by atoms with van der Waals surface area (Å²) < 4.78 is 5.62. The van der Waals surface area contributed by atoms with Crippen molar-refractivity contribution in [2.24, 2.45) is 0 Å². The van der Waals surface area contributed by atoms with Crippen molar-refractivity contribution in [1.82, 2.24) is 0 Å². The van der Waals surface area contributed by atoms with Crippen molar-refractivity contribution < 1.29 is 9.84 Å². The molecule has 14 heavy (non-hydrogen) atoms. The Kier molecular flexibility index (Phi) is 2.73. The van der Waals surface area contributed by atoms with Crippen molar-refractivity contribution in [2.75, 3.05) is 6.61 Å². The van der Waals surface area contributed by atoms with Crippen LogP contribution in [0.25, 0.3) is 0 Å². The summed E-state index contributed by atoms with van der Waals surface area (Å²) in [6.45, 7) is 2.89. The van der Waals surface area contributed by atoms with Crippen LogP contribution in [0, 0.1) is 0 Å². The lowest BCUT2D eigenvalue weighted by Crippen LogP contribution is -2.18. The Morgan fingerprint density at radius 3 is 3.07 bits per heavy atom. The summed E-state index contributed by atoms with van der Waals surface area (Å²) in [7, 11) is 0. The molecule has 2 nitrogen and oxygen atoms in total. The number of rotatable bonds is 4. The highest BCUT2D eigenvalue weighted by molar-refractivity contribution is 5.48. The number of hydrogen-bond donors (Lipinski definition) is 1. The average molecular weight is 192 g/mol. The van der Waals surface area contributed by atoms with E-state index < -0.39 is 0 Å². The molecule has 0 spiro atoms. The molecule has 0 aliphatic heterocycles. The van der Waals surface area contributed by atoms with Crippen molar-refractivity contribution in [2.45, 2.75) is 32.3 Å². The van der Waals surface area contributed by atoms with Crippen molar-refractivity contribution in [3.8, 4) is 5.75 Å². The van der Waals surface area contributed by atoms with E-state index in [1.165, 1.54) is 5.56 Å². The molecule has 2 rings (SSSR count). The maximum Gasteiger partial charge on any atom is 0.125 e. The number of hydrogen-bond acceptors (Lipinski definition) is 2. The zero-order chi connectivity index (χ0) is 9.97. The van der Waals surface area contributed by atoms with Gasteiger partial charge in [-0.15, -0.1) is 0 Å². The van der Waals surface area contributed by atoms with Crippen molar-refractivity contribution >= 4 is 0 Å². The maximum absolute atomic E-state index is 9.56. The van der Waals surface area contributed by atoms with Gasteiger partial charge in [0.05, 0.1) is 12.7 Å². The van der Waals surface area contributed by atoms with Gasteiger partial charge in [0.1, 0.15) is 5.75 Å². The second-order valence-corrected chi connectivity index (χ2v) is 3.75. The maximum atomic E-state index is 9.56. The summed E-state index contributed by atoms with van der Waals surface area (Å²) in [5.41, 5.74) is 2.23. The van der Waals surface area contributed by atoms with E-state index in [1.54, 1.807) is 0 Å².